The van der Waals surface area contributed by atoms with Crippen molar-refractivity contribution in [3.63, 3.8) is 0 Å². The average Bonchev–Trinajstić information content (AvgIpc) is 2.23. The Morgan fingerprint density at radius 2 is 2.00 bits per heavy atom. The van der Waals surface area contributed by atoms with Crippen molar-refractivity contribution in [1.29, 1.82) is 0 Å². The highest BCUT2D eigenvalue weighted by Gasteiger charge is 2.24. The molecule has 0 amide bonds. The summed E-state index contributed by atoms with van der Waals surface area (Å²) in [4.78, 5) is 21.7. The van der Waals surface area contributed by atoms with Crippen molar-refractivity contribution in [1.82, 2.24) is 0 Å². The number of hydrogen-bond donors (Lipinski definition) is 2. The summed E-state index contributed by atoms with van der Waals surface area (Å²) in [7, 11) is 1.29. The molecule has 1 rings (SSSR count). The number of carbonyl (C=O) groups excluding carboxylic acids is 1. The molecule has 0 heterocycles. The van der Waals surface area contributed by atoms with Gasteiger partial charge in [-0.2, -0.15) is 0 Å². The van der Waals surface area contributed by atoms with E-state index >= 15 is 0 Å². The number of Topliss-reactive ketones (excluding diaryl/α,β-unsaturated/α-hetero) is 1. The highest BCUT2D eigenvalue weighted by molar-refractivity contribution is 6.41. The first-order valence-electron chi connectivity index (χ1n) is 4.23. The average molecular weight is 245 g/mol. The third-order valence-corrected chi connectivity index (χ3v) is 2.48. The number of ether oxygens (including phenoxy) is 1. The third kappa shape index (κ3) is 1.94. The quantitative estimate of drug-likeness (QED) is 0.624. The number of phenols is 1. The molecule has 16 heavy (non-hydrogen) atoms. The molecule has 0 radical (unpaired) electrons. The molecule has 0 saturated heterocycles. The third-order valence-electron chi connectivity index (χ3n) is 2.08. The molecule has 0 aliphatic heterocycles. The zero-order valence-corrected chi connectivity index (χ0v) is 9.33. The maximum absolute atomic E-state index is 11.2. The van der Waals surface area contributed by atoms with Crippen LogP contribution in [-0.4, -0.2) is 29.1 Å². The first-order chi connectivity index (χ1) is 7.40. The van der Waals surface area contributed by atoms with E-state index in [9.17, 15) is 14.7 Å². The van der Waals surface area contributed by atoms with Gasteiger partial charge in [-0.25, -0.2) is 4.79 Å². The molecule has 0 saturated carbocycles. The van der Waals surface area contributed by atoms with Crippen molar-refractivity contribution in [2.75, 3.05) is 7.11 Å². The molecule has 0 aromatic heterocycles. The van der Waals surface area contributed by atoms with E-state index in [1.54, 1.807) is 6.92 Å². The van der Waals surface area contributed by atoms with E-state index in [0.717, 1.165) is 6.07 Å². The molecule has 0 aliphatic carbocycles. The summed E-state index contributed by atoms with van der Waals surface area (Å²) in [6.07, 6.45) is 0. The van der Waals surface area contributed by atoms with Gasteiger partial charge in [-0.1, -0.05) is 11.6 Å². The van der Waals surface area contributed by atoms with Gasteiger partial charge in [0.05, 0.1) is 12.7 Å². The Hall–Kier alpha value is -1.75. The number of phenolic OH excluding ortho intramolecular Hbond substituents is 1. The highest BCUT2D eigenvalue weighted by Crippen LogP contribution is 2.38. The minimum atomic E-state index is -1.67. The van der Waals surface area contributed by atoms with Gasteiger partial charge in [-0.05, 0) is 13.0 Å². The van der Waals surface area contributed by atoms with E-state index in [0.29, 0.717) is 5.56 Å². The monoisotopic (exact) mass is 244 g/mol. The SMILES string of the molecule is COc1c(C)c(Cl)cc(C(=O)C(=O)O)c1O. The van der Waals surface area contributed by atoms with Gasteiger partial charge in [0.1, 0.15) is 0 Å². The summed E-state index contributed by atoms with van der Waals surface area (Å²) in [5.41, 5.74) is 0.0450. The second kappa shape index (κ2) is 4.40. The summed E-state index contributed by atoms with van der Waals surface area (Å²) in [6, 6.07) is 1.10. The summed E-state index contributed by atoms with van der Waals surface area (Å²) in [5.74, 6) is -3.43. The van der Waals surface area contributed by atoms with Crippen LogP contribution in [0.2, 0.25) is 5.02 Å². The van der Waals surface area contributed by atoms with Crippen LogP contribution in [0.15, 0.2) is 6.07 Å². The number of carboxylic acid groups (broad SMARTS) is 1. The molecular formula is C10H9ClO5. The van der Waals surface area contributed by atoms with Crippen LogP contribution in [0.3, 0.4) is 0 Å². The van der Waals surface area contributed by atoms with Gasteiger partial charge in [0.2, 0.25) is 0 Å². The van der Waals surface area contributed by atoms with Crippen LogP contribution >= 0.6 is 11.6 Å². The van der Waals surface area contributed by atoms with Crippen LogP contribution < -0.4 is 4.74 Å². The fourth-order valence-corrected chi connectivity index (χ4v) is 1.44. The fourth-order valence-electron chi connectivity index (χ4n) is 1.25. The fraction of sp³-hybridized carbons (Fsp3) is 0.200. The molecule has 0 bridgehead atoms. The van der Waals surface area contributed by atoms with Crippen molar-refractivity contribution in [3.05, 3.63) is 22.2 Å². The van der Waals surface area contributed by atoms with Crippen molar-refractivity contribution >= 4 is 23.4 Å². The number of aliphatic carboxylic acids is 1. The Labute approximate surface area is 96.2 Å². The van der Waals surface area contributed by atoms with E-state index in [4.69, 9.17) is 21.4 Å². The lowest BCUT2D eigenvalue weighted by Gasteiger charge is -2.11. The van der Waals surface area contributed by atoms with Crippen LogP contribution in [-0.2, 0) is 4.79 Å². The van der Waals surface area contributed by atoms with Crippen LogP contribution in [0, 0.1) is 6.92 Å². The Kier molecular flexibility index (Phi) is 3.39. The summed E-state index contributed by atoms with van der Waals surface area (Å²) in [6.45, 7) is 1.58. The van der Waals surface area contributed by atoms with E-state index in [2.05, 4.69) is 0 Å². The molecular weight excluding hydrogens is 236 g/mol. The van der Waals surface area contributed by atoms with Gasteiger partial charge in [0.25, 0.3) is 5.78 Å². The lowest BCUT2D eigenvalue weighted by Crippen LogP contribution is -2.13. The topological polar surface area (TPSA) is 83.8 Å². The zero-order chi connectivity index (χ0) is 12.5. The van der Waals surface area contributed by atoms with Crippen LogP contribution in [0.25, 0.3) is 0 Å². The summed E-state index contributed by atoms with van der Waals surface area (Å²) in [5, 5.41) is 18.3. The number of rotatable bonds is 3. The predicted molar refractivity (Wildman–Crippen MR) is 56.4 cm³/mol. The largest absolute Gasteiger partial charge is 0.504 e. The van der Waals surface area contributed by atoms with Crippen molar-refractivity contribution in [2.45, 2.75) is 6.92 Å². The standard InChI is InChI=1S/C10H9ClO5/c1-4-6(11)3-5(8(13)10(14)15)7(12)9(4)16-2/h3,12H,1-2H3,(H,14,15). The van der Waals surface area contributed by atoms with Crippen molar-refractivity contribution < 1.29 is 24.5 Å². The number of carbonyl (C=O) groups is 2. The molecule has 5 nitrogen and oxygen atoms in total. The van der Waals surface area contributed by atoms with Crippen LogP contribution in [0.5, 0.6) is 11.5 Å². The van der Waals surface area contributed by atoms with Crippen LogP contribution in [0.4, 0.5) is 0 Å². The van der Waals surface area contributed by atoms with Gasteiger partial charge in [0, 0.05) is 10.6 Å². The number of aromatic hydroxyl groups is 1. The van der Waals surface area contributed by atoms with E-state index in [1.807, 2.05) is 0 Å². The molecule has 2 N–H and O–H groups in total. The minimum Gasteiger partial charge on any atom is -0.504 e. The van der Waals surface area contributed by atoms with Gasteiger partial charge in [0.15, 0.2) is 11.5 Å². The predicted octanol–water partition coefficient (Wildman–Crippen LogP) is 1.63. The Morgan fingerprint density at radius 3 is 2.44 bits per heavy atom. The highest BCUT2D eigenvalue weighted by atomic mass is 35.5. The summed E-state index contributed by atoms with van der Waals surface area (Å²) < 4.78 is 4.85. The van der Waals surface area contributed by atoms with Crippen molar-refractivity contribution in [2.24, 2.45) is 0 Å². The van der Waals surface area contributed by atoms with Gasteiger partial charge >= 0.3 is 5.97 Å². The maximum atomic E-state index is 11.2. The smallest absolute Gasteiger partial charge is 0.377 e. The molecule has 0 fully saturated rings. The van der Waals surface area contributed by atoms with Crippen LogP contribution in [0.1, 0.15) is 15.9 Å². The molecule has 86 valence electrons. The molecule has 0 atom stereocenters. The second-order valence-corrected chi connectivity index (χ2v) is 3.45. The second-order valence-electron chi connectivity index (χ2n) is 3.05. The number of methoxy groups -OCH3 is 1. The molecule has 0 aliphatic rings. The number of halogens is 1. The number of benzene rings is 1. The lowest BCUT2D eigenvalue weighted by atomic mass is 10.1. The van der Waals surface area contributed by atoms with E-state index in [1.165, 1.54) is 7.11 Å². The Bertz CT molecular complexity index is 467. The molecule has 1 aromatic rings. The zero-order valence-electron chi connectivity index (χ0n) is 8.57. The van der Waals surface area contributed by atoms with Crippen molar-refractivity contribution in [3.8, 4) is 11.5 Å². The molecule has 0 unspecified atom stereocenters. The first-order valence-corrected chi connectivity index (χ1v) is 4.61. The number of hydrogen-bond acceptors (Lipinski definition) is 4. The van der Waals surface area contributed by atoms with Gasteiger partial charge < -0.3 is 14.9 Å². The van der Waals surface area contributed by atoms with Gasteiger partial charge in [-0.15, -0.1) is 0 Å². The minimum absolute atomic E-state index is 0.00269. The number of ketones is 1. The molecule has 6 heteroatoms. The molecule has 1 aromatic carbocycles. The Morgan fingerprint density at radius 1 is 1.44 bits per heavy atom. The summed E-state index contributed by atoms with van der Waals surface area (Å²) >= 11 is 5.78. The number of carboxylic acids is 1. The normalized spacial score (nSPS) is 9.94. The lowest BCUT2D eigenvalue weighted by molar-refractivity contribution is -0.131. The Balaban J connectivity index is 3.48. The first kappa shape index (κ1) is 12.3. The van der Waals surface area contributed by atoms with Gasteiger partial charge in [-0.3, -0.25) is 4.79 Å². The van der Waals surface area contributed by atoms with E-state index in [-0.39, 0.29) is 16.3 Å². The molecule has 0 spiro atoms. The van der Waals surface area contributed by atoms with E-state index < -0.39 is 17.5 Å². The maximum Gasteiger partial charge on any atom is 0.377 e.